The molecule has 1 saturated heterocycles. The zero-order valence-corrected chi connectivity index (χ0v) is 15.6. The zero-order valence-electron chi connectivity index (χ0n) is 14.0. The van der Waals surface area contributed by atoms with E-state index >= 15 is 0 Å². The number of halogens is 1. The Balaban J connectivity index is 1.61. The highest BCUT2D eigenvalue weighted by atomic mass is 35.5. The number of imidazole rings is 1. The summed E-state index contributed by atoms with van der Waals surface area (Å²) in [4.78, 5) is 12.9. The zero-order chi connectivity index (χ0) is 19.0. The first kappa shape index (κ1) is 18.6. The van der Waals surface area contributed by atoms with Crippen LogP contribution in [-0.4, -0.2) is 59.8 Å². The number of fused-ring (bicyclic) bond motifs is 1. The van der Waals surface area contributed by atoms with Gasteiger partial charge in [0.15, 0.2) is 11.9 Å². The van der Waals surface area contributed by atoms with Crippen molar-refractivity contribution in [2.24, 2.45) is 0 Å². The second-order valence-corrected chi connectivity index (χ2v) is 7.48. The number of ether oxygens (including phenoxy) is 1. The summed E-state index contributed by atoms with van der Waals surface area (Å²) in [6, 6.07) is 7.59. The number of aliphatic hydroxyl groups excluding tert-OH is 3. The van der Waals surface area contributed by atoms with Crippen LogP contribution in [0.1, 0.15) is 11.8 Å². The number of benzene rings is 1. The molecule has 0 unspecified atom stereocenters. The molecule has 0 aliphatic carbocycles. The highest BCUT2D eigenvalue weighted by molar-refractivity contribution is 7.98. The van der Waals surface area contributed by atoms with E-state index in [1.54, 1.807) is 4.57 Å². The van der Waals surface area contributed by atoms with Gasteiger partial charge in [-0.05, 0) is 11.6 Å². The van der Waals surface area contributed by atoms with E-state index in [1.165, 1.54) is 24.4 Å². The van der Waals surface area contributed by atoms with E-state index in [9.17, 15) is 15.3 Å². The summed E-state index contributed by atoms with van der Waals surface area (Å²) in [5.41, 5.74) is 2.02. The molecule has 4 rings (SSSR count). The molecule has 8 nitrogen and oxygen atoms in total. The van der Waals surface area contributed by atoms with Crippen molar-refractivity contribution in [2.45, 2.75) is 35.3 Å². The van der Waals surface area contributed by atoms with Crippen LogP contribution in [0, 0.1) is 0 Å². The lowest BCUT2D eigenvalue weighted by Gasteiger charge is -2.16. The van der Waals surface area contributed by atoms with Crippen LogP contribution >= 0.6 is 23.4 Å². The van der Waals surface area contributed by atoms with Crippen molar-refractivity contribution >= 4 is 34.5 Å². The van der Waals surface area contributed by atoms with Crippen LogP contribution in [0.5, 0.6) is 0 Å². The molecule has 27 heavy (non-hydrogen) atoms. The molecule has 1 fully saturated rings. The van der Waals surface area contributed by atoms with Crippen molar-refractivity contribution in [1.29, 1.82) is 0 Å². The minimum absolute atomic E-state index is 0.394. The number of thioether (sulfide) groups is 1. The van der Waals surface area contributed by atoms with Crippen molar-refractivity contribution in [2.75, 3.05) is 6.61 Å². The minimum atomic E-state index is -1.20. The third-order valence-electron chi connectivity index (χ3n) is 4.44. The molecule has 1 aliphatic rings. The Morgan fingerprint density at radius 3 is 2.70 bits per heavy atom. The van der Waals surface area contributed by atoms with Gasteiger partial charge in [0.05, 0.1) is 12.9 Å². The Labute approximate surface area is 163 Å². The molecule has 0 bridgehead atoms. The van der Waals surface area contributed by atoms with E-state index in [-0.39, 0.29) is 0 Å². The average molecular weight is 409 g/mol. The second kappa shape index (κ2) is 7.70. The van der Waals surface area contributed by atoms with E-state index in [2.05, 4.69) is 15.0 Å². The molecular weight excluding hydrogens is 392 g/mol. The van der Waals surface area contributed by atoms with Crippen LogP contribution in [0.15, 0.2) is 41.9 Å². The lowest BCUT2D eigenvalue weighted by Crippen LogP contribution is -2.33. The van der Waals surface area contributed by atoms with Crippen molar-refractivity contribution in [1.82, 2.24) is 19.5 Å². The predicted molar refractivity (Wildman–Crippen MR) is 99.3 cm³/mol. The second-order valence-electron chi connectivity index (χ2n) is 6.11. The van der Waals surface area contributed by atoms with Gasteiger partial charge in [-0.3, -0.25) is 4.57 Å². The molecule has 0 saturated carbocycles. The molecule has 0 radical (unpaired) electrons. The van der Waals surface area contributed by atoms with Gasteiger partial charge in [-0.15, -0.1) is 0 Å². The Morgan fingerprint density at radius 2 is 1.96 bits per heavy atom. The smallest absolute Gasteiger partial charge is 0.166 e. The van der Waals surface area contributed by atoms with Gasteiger partial charge in [-0.2, -0.15) is 0 Å². The fraction of sp³-hybridized carbons (Fsp3) is 0.353. The third kappa shape index (κ3) is 3.42. The lowest BCUT2D eigenvalue weighted by atomic mass is 10.1. The van der Waals surface area contributed by atoms with Gasteiger partial charge in [-0.25, -0.2) is 15.0 Å². The largest absolute Gasteiger partial charge is 0.394 e. The molecule has 3 N–H and O–H groups in total. The van der Waals surface area contributed by atoms with E-state index in [0.717, 1.165) is 5.56 Å². The Bertz CT molecular complexity index is 956. The normalized spacial score (nSPS) is 25.3. The topological polar surface area (TPSA) is 114 Å². The summed E-state index contributed by atoms with van der Waals surface area (Å²) in [7, 11) is 0. The monoisotopic (exact) mass is 408 g/mol. The van der Waals surface area contributed by atoms with Gasteiger partial charge in [0.1, 0.15) is 35.2 Å². The molecule has 142 valence electrons. The summed E-state index contributed by atoms with van der Waals surface area (Å²) in [5, 5.41) is 30.8. The first-order chi connectivity index (χ1) is 13.1. The van der Waals surface area contributed by atoms with Gasteiger partial charge in [0.25, 0.3) is 0 Å². The van der Waals surface area contributed by atoms with Crippen LogP contribution in [0.2, 0.25) is 5.02 Å². The Morgan fingerprint density at radius 1 is 1.15 bits per heavy atom. The maximum Gasteiger partial charge on any atom is 0.166 e. The third-order valence-corrected chi connectivity index (χ3v) is 5.84. The van der Waals surface area contributed by atoms with Crippen LogP contribution < -0.4 is 0 Å². The number of hydrogen-bond acceptors (Lipinski definition) is 8. The van der Waals surface area contributed by atoms with Crippen molar-refractivity contribution in [3.8, 4) is 0 Å². The van der Waals surface area contributed by atoms with Crippen molar-refractivity contribution in [3.63, 3.8) is 0 Å². The summed E-state index contributed by atoms with van der Waals surface area (Å²) in [6.45, 7) is -0.394. The molecule has 0 amide bonds. The molecule has 3 aromatic rings. The summed E-state index contributed by atoms with van der Waals surface area (Å²) in [5.74, 6) is 0.618. The molecule has 4 atom stereocenters. The summed E-state index contributed by atoms with van der Waals surface area (Å²) >= 11 is 7.68. The number of hydrogen-bond donors (Lipinski definition) is 3. The fourth-order valence-electron chi connectivity index (χ4n) is 2.99. The number of aliphatic hydroxyl groups is 3. The fourth-order valence-corrected chi connectivity index (χ4v) is 4.22. The van der Waals surface area contributed by atoms with Crippen LogP contribution in [0.4, 0.5) is 0 Å². The number of aromatic nitrogens is 4. The molecule has 1 aliphatic heterocycles. The minimum Gasteiger partial charge on any atom is -0.394 e. The standard InChI is InChI=1S/C17H17ClN4O4S/c18-10-4-2-1-3-9(10)6-27-16-12-15(19-7-20-16)22(8-21-12)17-14(25)13(24)11(5-23)26-17/h1-4,7-8,11,13-14,17,23-25H,5-6H2/t11-,13-,14-,17-/m1/s1. The van der Waals surface area contributed by atoms with Gasteiger partial charge in [-0.1, -0.05) is 41.6 Å². The Hall–Kier alpha value is -1.75. The van der Waals surface area contributed by atoms with Crippen LogP contribution in [0.25, 0.3) is 11.2 Å². The molecule has 0 spiro atoms. The van der Waals surface area contributed by atoms with Crippen molar-refractivity contribution in [3.05, 3.63) is 47.5 Å². The average Bonchev–Trinajstić information content (AvgIpc) is 3.23. The molecule has 3 heterocycles. The number of rotatable bonds is 5. The SMILES string of the molecule is OC[C@H]1O[C@@H](n2cnc3c(SCc4ccccc4Cl)ncnc32)[C@H](O)[C@@H]1O. The number of nitrogens with zero attached hydrogens (tertiary/aromatic N) is 4. The summed E-state index contributed by atoms with van der Waals surface area (Å²) in [6.07, 6.45) is -1.24. The highest BCUT2D eigenvalue weighted by Gasteiger charge is 2.44. The first-order valence-electron chi connectivity index (χ1n) is 8.26. The molecule has 2 aromatic heterocycles. The maximum atomic E-state index is 10.2. The Kier molecular flexibility index (Phi) is 5.31. The van der Waals surface area contributed by atoms with Gasteiger partial charge in [0, 0.05) is 10.8 Å². The first-order valence-corrected chi connectivity index (χ1v) is 9.62. The van der Waals surface area contributed by atoms with E-state index in [4.69, 9.17) is 16.3 Å². The molecule has 1 aromatic carbocycles. The van der Waals surface area contributed by atoms with Crippen molar-refractivity contribution < 1.29 is 20.1 Å². The lowest BCUT2D eigenvalue weighted by molar-refractivity contribution is -0.0511. The van der Waals surface area contributed by atoms with Gasteiger partial charge < -0.3 is 20.1 Å². The predicted octanol–water partition coefficient (Wildman–Crippen LogP) is 1.38. The highest BCUT2D eigenvalue weighted by Crippen LogP contribution is 2.34. The van der Waals surface area contributed by atoms with E-state index in [1.807, 2.05) is 24.3 Å². The van der Waals surface area contributed by atoms with Crippen LogP contribution in [-0.2, 0) is 10.5 Å². The van der Waals surface area contributed by atoms with Crippen LogP contribution in [0.3, 0.4) is 0 Å². The van der Waals surface area contributed by atoms with E-state index in [0.29, 0.717) is 27.0 Å². The molecule has 10 heteroatoms. The maximum absolute atomic E-state index is 10.2. The quantitative estimate of drug-likeness (QED) is 0.428. The van der Waals surface area contributed by atoms with E-state index < -0.39 is 31.1 Å². The van der Waals surface area contributed by atoms with Gasteiger partial charge in [0.2, 0.25) is 0 Å². The molecular formula is C17H17ClN4O4S. The van der Waals surface area contributed by atoms with Gasteiger partial charge >= 0.3 is 0 Å². The summed E-state index contributed by atoms with van der Waals surface area (Å²) < 4.78 is 7.10.